The van der Waals surface area contributed by atoms with Crippen LogP contribution in [0.2, 0.25) is 0 Å². The van der Waals surface area contributed by atoms with Crippen molar-refractivity contribution in [1.29, 1.82) is 0 Å². The molecule has 1 unspecified atom stereocenters. The molecule has 2 amide bonds. The average Bonchev–Trinajstić information content (AvgIpc) is 2.57. The van der Waals surface area contributed by atoms with E-state index in [0.29, 0.717) is 22.6 Å². The summed E-state index contributed by atoms with van der Waals surface area (Å²) in [6.07, 6.45) is -0.860. The van der Waals surface area contributed by atoms with Crippen LogP contribution in [0.5, 0.6) is 5.75 Å². The molecule has 0 radical (unpaired) electrons. The smallest absolute Gasteiger partial charge is 0.273 e. The Bertz CT molecular complexity index is 817. The molecule has 1 heterocycles. The van der Waals surface area contributed by atoms with Gasteiger partial charge in [0.15, 0.2) is 5.78 Å². The Morgan fingerprint density at radius 3 is 2.50 bits per heavy atom. The number of carbonyl (C=O) groups is 3. The van der Waals surface area contributed by atoms with Crippen LogP contribution in [-0.4, -0.2) is 24.1 Å². The third-order valence-corrected chi connectivity index (χ3v) is 3.81. The first kappa shape index (κ1) is 15.7. The van der Waals surface area contributed by atoms with Crippen molar-refractivity contribution in [3.05, 3.63) is 59.7 Å². The molecule has 24 heavy (non-hydrogen) atoms. The summed E-state index contributed by atoms with van der Waals surface area (Å²) < 4.78 is 5.82. The molecule has 6 nitrogen and oxygen atoms in total. The predicted octanol–water partition coefficient (Wildman–Crippen LogP) is 1.84. The molecule has 0 fully saturated rings. The summed E-state index contributed by atoms with van der Waals surface area (Å²) in [5.74, 6) is -0.756. The number of benzene rings is 2. The van der Waals surface area contributed by atoms with E-state index >= 15 is 0 Å². The van der Waals surface area contributed by atoms with Crippen molar-refractivity contribution in [2.75, 3.05) is 11.4 Å². The van der Waals surface area contributed by atoms with Gasteiger partial charge in [-0.1, -0.05) is 30.3 Å². The standard InChI is InChI=1S/C18H16N2O4/c1-11(21)13-7-8-15-14(9-13)20(10-16(19)22)18(23)17(24-15)12-5-3-2-4-6-12/h2-9,17H,10H2,1H3,(H2,19,22). The molecule has 3 rings (SSSR count). The number of carbonyl (C=O) groups excluding carboxylic acids is 3. The van der Waals surface area contributed by atoms with E-state index in [4.69, 9.17) is 10.5 Å². The third kappa shape index (κ3) is 2.86. The maximum absolute atomic E-state index is 12.8. The largest absolute Gasteiger partial charge is 0.474 e. The molecule has 0 saturated heterocycles. The monoisotopic (exact) mass is 324 g/mol. The molecule has 2 N–H and O–H groups in total. The molecule has 0 bridgehead atoms. The quantitative estimate of drug-likeness (QED) is 0.869. The van der Waals surface area contributed by atoms with Gasteiger partial charge in [0.25, 0.3) is 5.91 Å². The highest BCUT2D eigenvalue weighted by molar-refractivity contribution is 6.05. The van der Waals surface area contributed by atoms with Crippen molar-refractivity contribution in [3.8, 4) is 5.75 Å². The minimum Gasteiger partial charge on any atom is -0.474 e. The van der Waals surface area contributed by atoms with Gasteiger partial charge in [-0.15, -0.1) is 0 Å². The van der Waals surface area contributed by atoms with Crippen LogP contribution in [0.25, 0.3) is 0 Å². The molecule has 1 aliphatic heterocycles. The first-order valence-corrected chi connectivity index (χ1v) is 7.43. The van der Waals surface area contributed by atoms with Gasteiger partial charge in [0.1, 0.15) is 12.3 Å². The Kier molecular flexibility index (Phi) is 4.04. The van der Waals surface area contributed by atoms with E-state index < -0.39 is 17.9 Å². The van der Waals surface area contributed by atoms with E-state index in [-0.39, 0.29) is 12.3 Å². The van der Waals surface area contributed by atoms with Gasteiger partial charge in [-0.05, 0) is 25.1 Å². The number of nitrogens with zero attached hydrogens (tertiary/aromatic N) is 1. The lowest BCUT2D eigenvalue weighted by Crippen LogP contribution is -2.45. The zero-order chi connectivity index (χ0) is 17.3. The number of Topliss-reactive ketones (excluding diaryl/α,β-unsaturated/α-hetero) is 1. The van der Waals surface area contributed by atoms with Crippen LogP contribution < -0.4 is 15.4 Å². The Morgan fingerprint density at radius 2 is 1.88 bits per heavy atom. The number of ether oxygens (including phenoxy) is 1. The molecule has 1 aliphatic rings. The Labute approximate surface area is 138 Å². The van der Waals surface area contributed by atoms with Gasteiger partial charge in [-0.2, -0.15) is 0 Å². The van der Waals surface area contributed by atoms with Crippen molar-refractivity contribution >= 4 is 23.3 Å². The van der Waals surface area contributed by atoms with E-state index in [2.05, 4.69) is 0 Å². The van der Waals surface area contributed by atoms with Crippen molar-refractivity contribution in [3.63, 3.8) is 0 Å². The van der Waals surface area contributed by atoms with E-state index in [1.807, 2.05) is 6.07 Å². The van der Waals surface area contributed by atoms with Crippen LogP contribution in [0.1, 0.15) is 28.9 Å². The lowest BCUT2D eigenvalue weighted by molar-refractivity contribution is -0.128. The number of fused-ring (bicyclic) bond motifs is 1. The number of anilines is 1. The number of hydrogen-bond acceptors (Lipinski definition) is 4. The maximum atomic E-state index is 12.8. The molecular weight excluding hydrogens is 308 g/mol. The summed E-state index contributed by atoms with van der Waals surface area (Å²) in [5.41, 5.74) is 6.77. The van der Waals surface area contributed by atoms with Gasteiger partial charge in [-0.25, -0.2) is 0 Å². The number of hydrogen-bond donors (Lipinski definition) is 1. The molecule has 0 saturated carbocycles. The molecule has 2 aromatic carbocycles. The molecule has 1 atom stereocenters. The minimum absolute atomic E-state index is 0.144. The molecule has 0 aromatic heterocycles. The van der Waals surface area contributed by atoms with Crippen LogP contribution in [-0.2, 0) is 9.59 Å². The average molecular weight is 324 g/mol. The number of amides is 2. The number of ketones is 1. The summed E-state index contributed by atoms with van der Waals surface area (Å²) in [6, 6.07) is 13.8. The van der Waals surface area contributed by atoms with E-state index in [1.54, 1.807) is 42.5 Å². The molecule has 122 valence electrons. The Hall–Kier alpha value is -3.15. The summed E-state index contributed by atoms with van der Waals surface area (Å²) in [6.45, 7) is 1.15. The number of rotatable bonds is 4. The number of primary amides is 1. The molecule has 0 spiro atoms. The fourth-order valence-electron chi connectivity index (χ4n) is 2.64. The maximum Gasteiger partial charge on any atom is 0.273 e. The molecule has 0 aliphatic carbocycles. The second-order valence-corrected chi connectivity index (χ2v) is 5.54. The Balaban J connectivity index is 2.08. The van der Waals surface area contributed by atoms with Gasteiger partial charge in [0.05, 0.1) is 5.69 Å². The summed E-state index contributed by atoms with van der Waals surface area (Å²) in [4.78, 5) is 37.1. The second kappa shape index (κ2) is 6.16. The highest BCUT2D eigenvalue weighted by Crippen LogP contribution is 2.39. The zero-order valence-electron chi connectivity index (χ0n) is 13.1. The van der Waals surface area contributed by atoms with Crippen LogP contribution in [0.4, 0.5) is 5.69 Å². The molecular formula is C18H16N2O4. The van der Waals surface area contributed by atoms with Crippen LogP contribution in [0.3, 0.4) is 0 Å². The van der Waals surface area contributed by atoms with Crippen molar-refractivity contribution in [1.82, 2.24) is 0 Å². The normalized spacial score (nSPS) is 16.3. The summed E-state index contributed by atoms with van der Waals surface area (Å²) in [5, 5.41) is 0. The van der Waals surface area contributed by atoms with Crippen molar-refractivity contribution in [2.24, 2.45) is 5.73 Å². The first-order valence-electron chi connectivity index (χ1n) is 7.43. The van der Waals surface area contributed by atoms with Gasteiger partial charge in [-0.3, -0.25) is 19.3 Å². The topological polar surface area (TPSA) is 89.7 Å². The highest BCUT2D eigenvalue weighted by Gasteiger charge is 2.36. The van der Waals surface area contributed by atoms with E-state index in [1.165, 1.54) is 11.8 Å². The SMILES string of the molecule is CC(=O)c1ccc2c(c1)N(CC(N)=O)C(=O)C(c1ccccc1)O2. The van der Waals surface area contributed by atoms with Crippen LogP contribution in [0.15, 0.2) is 48.5 Å². The lowest BCUT2D eigenvalue weighted by Gasteiger charge is -2.34. The van der Waals surface area contributed by atoms with Gasteiger partial charge in [0.2, 0.25) is 12.0 Å². The third-order valence-electron chi connectivity index (χ3n) is 3.81. The molecule has 6 heteroatoms. The molecule has 2 aromatic rings. The fraction of sp³-hybridized carbons (Fsp3) is 0.167. The van der Waals surface area contributed by atoms with Crippen molar-refractivity contribution < 1.29 is 19.1 Å². The number of nitrogens with two attached hydrogens (primary N) is 1. The summed E-state index contributed by atoms with van der Waals surface area (Å²) >= 11 is 0. The van der Waals surface area contributed by atoms with Crippen LogP contribution in [0, 0.1) is 0 Å². The Morgan fingerprint density at radius 1 is 1.17 bits per heavy atom. The minimum atomic E-state index is -0.860. The van der Waals surface area contributed by atoms with Gasteiger partial charge >= 0.3 is 0 Å². The summed E-state index contributed by atoms with van der Waals surface area (Å²) in [7, 11) is 0. The predicted molar refractivity (Wildman–Crippen MR) is 87.8 cm³/mol. The van der Waals surface area contributed by atoms with E-state index in [0.717, 1.165) is 0 Å². The fourth-order valence-corrected chi connectivity index (χ4v) is 2.64. The van der Waals surface area contributed by atoms with Gasteiger partial charge < -0.3 is 10.5 Å². The highest BCUT2D eigenvalue weighted by atomic mass is 16.5. The van der Waals surface area contributed by atoms with Crippen LogP contribution >= 0.6 is 0 Å². The zero-order valence-corrected chi connectivity index (χ0v) is 13.1. The van der Waals surface area contributed by atoms with E-state index in [9.17, 15) is 14.4 Å². The first-order chi connectivity index (χ1) is 11.5. The lowest BCUT2D eigenvalue weighted by atomic mass is 10.0. The van der Waals surface area contributed by atoms with Gasteiger partial charge in [0, 0.05) is 11.1 Å². The second-order valence-electron chi connectivity index (χ2n) is 5.54. The van der Waals surface area contributed by atoms with Crippen molar-refractivity contribution in [2.45, 2.75) is 13.0 Å².